The minimum Gasteiger partial charge on any atom is -0.471 e. The van der Waals surface area contributed by atoms with E-state index in [1.165, 1.54) is 53.6 Å². The minimum absolute atomic E-state index is 0.0256. The smallest absolute Gasteiger partial charge is 0.276 e. The molecule has 12 heteroatoms. The lowest BCUT2D eigenvalue weighted by atomic mass is 10.2. The van der Waals surface area contributed by atoms with Crippen molar-refractivity contribution in [2.45, 2.75) is 13.3 Å². The molecule has 0 unspecified atom stereocenters. The predicted octanol–water partition coefficient (Wildman–Crippen LogP) is 4.11. The van der Waals surface area contributed by atoms with Crippen LogP contribution in [0.25, 0.3) is 0 Å². The number of ether oxygens (including phenoxy) is 1. The number of nitrogens with one attached hydrogen (secondary N) is 1. The fourth-order valence-electron chi connectivity index (χ4n) is 2.85. The first-order chi connectivity index (χ1) is 15.8. The molecular weight excluding hydrogens is 449 g/mol. The van der Waals surface area contributed by atoms with Crippen molar-refractivity contribution in [1.29, 1.82) is 0 Å². The number of carbonyl (C=O) groups is 1. The van der Waals surface area contributed by atoms with E-state index >= 15 is 0 Å². The Kier molecular flexibility index (Phi) is 6.07. The van der Waals surface area contributed by atoms with Gasteiger partial charge in [0, 0.05) is 24.0 Å². The van der Waals surface area contributed by atoms with Gasteiger partial charge in [-0.05, 0) is 30.3 Å². The predicted molar refractivity (Wildman–Crippen MR) is 105 cm³/mol. The third kappa shape index (κ3) is 5.00. The van der Waals surface area contributed by atoms with Crippen LogP contribution in [0.15, 0.2) is 55.0 Å². The van der Waals surface area contributed by atoms with Gasteiger partial charge in [0.2, 0.25) is 0 Å². The molecule has 2 aromatic heterocycles. The van der Waals surface area contributed by atoms with Crippen molar-refractivity contribution in [2.24, 2.45) is 0 Å². The highest BCUT2D eigenvalue weighted by atomic mass is 19.2. The molecule has 0 saturated heterocycles. The number of nitrogens with zero attached hydrogens (tertiary/aromatic N) is 4. The molecule has 170 valence electrons. The number of anilines is 1. The lowest BCUT2D eigenvalue weighted by Gasteiger charge is -2.07. The molecule has 0 aliphatic heterocycles. The molecule has 0 atom stereocenters. The molecule has 1 amide bonds. The molecule has 0 bridgehead atoms. The lowest BCUT2D eigenvalue weighted by molar-refractivity contribution is 0.102. The van der Waals surface area contributed by atoms with Gasteiger partial charge in [-0.3, -0.25) is 9.48 Å². The van der Waals surface area contributed by atoms with Crippen LogP contribution in [0.3, 0.4) is 0 Å². The molecule has 0 aliphatic carbocycles. The second-order valence-corrected chi connectivity index (χ2v) is 6.80. The van der Waals surface area contributed by atoms with E-state index in [2.05, 4.69) is 15.5 Å². The molecule has 33 heavy (non-hydrogen) atoms. The highest BCUT2D eigenvalue weighted by Crippen LogP contribution is 2.20. The normalized spacial score (nSPS) is 10.9. The Labute approximate surface area is 183 Å². The van der Waals surface area contributed by atoms with E-state index in [1.807, 2.05) is 0 Å². The van der Waals surface area contributed by atoms with Gasteiger partial charge in [-0.2, -0.15) is 10.2 Å². The Morgan fingerprint density at radius 1 is 0.970 bits per heavy atom. The summed E-state index contributed by atoms with van der Waals surface area (Å²) in [6.45, 7) is -0.553. The second kappa shape index (κ2) is 9.10. The fraction of sp³-hybridized carbons (Fsp3) is 0.0952. The third-order valence-corrected chi connectivity index (χ3v) is 4.47. The molecule has 4 aromatic rings. The van der Waals surface area contributed by atoms with Gasteiger partial charge in [0.05, 0.1) is 18.4 Å². The van der Waals surface area contributed by atoms with Crippen LogP contribution in [0.5, 0.6) is 5.75 Å². The Balaban J connectivity index is 1.37. The van der Waals surface area contributed by atoms with Gasteiger partial charge in [0.25, 0.3) is 5.91 Å². The van der Waals surface area contributed by atoms with E-state index in [1.54, 1.807) is 0 Å². The Morgan fingerprint density at radius 3 is 2.48 bits per heavy atom. The largest absolute Gasteiger partial charge is 0.471 e. The van der Waals surface area contributed by atoms with Gasteiger partial charge in [0.15, 0.2) is 29.9 Å². The molecule has 4 rings (SSSR count). The van der Waals surface area contributed by atoms with Gasteiger partial charge in [-0.1, -0.05) is 0 Å². The van der Waals surface area contributed by atoms with E-state index in [0.29, 0.717) is 5.75 Å². The summed E-state index contributed by atoms with van der Waals surface area (Å²) in [6, 6.07) is 7.06. The van der Waals surface area contributed by atoms with E-state index in [0.717, 1.165) is 4.68 Å². The van der Waals surface area contributed by atoms with Crippen molar-refractivity contribution < 1.29 is 31.5 Å². The quantitative estimate of drug-likeness (QED) is 0.254. The number of hydrogen-bond acceptors (Lipinski definition) is 4. The van der Waals surface area contributed by atoms with Crippen molar-refractivity contribution in [2.75, 3.05) is 5.32 Å². The summed E-state index contributed by atoms with van der Waals surface area (Å²) in [5.41, 5.74) is -0.488. The van der Waals surface area contributed by atoms with Gasteiger partial charge in [-0.15, -0.1) is 0 Å². The average molecular weight is 463 g/mol. The molecule has 0 saturated carbocycles. The van der Waals surface area contributed by atoms with Crippen molar-refractivity contribution in [3.05, 3.63) is 95.3 Å². The van der Waals surface area contributed by atoms with Crippen LogP contribution >= 0.6 is 0 Å². The topological polar surface area (TPSA) is 74.0 Å². The van der Waals surface area contributed by atoms with Crippen LogP contribution in [0.2, 0.25) is 0 Å². The van der Waals surface area contributed by atoms with Crippen molar-refractivity contribution in [1.82, 2.24) is 19.6 Å². The van der Waals surface area contributed by atoms with E-state index < -0.39 is 47.1 Å². The van der Waals surface area contributed by atoms with Crippen LogP contribution in [0, 0.1) is 29.1 Å². The van der Waals surface area contributed by atoms with Crippen LogP contribution < -0.4 is 10.1 Å². The molecule has 1 N–H and O–H groups in total. The summed E-state index contributed by atoms with van der Waals surface area (Å²) in [6.07, 6.45) is 3.96. The fourth-order valence-corrected chi connectivity index (χ4v) is 2.85. The van der Waals surface area contributed by atoms with Crippen molar-refractivity contribution >= 4 is 11.6 Å². The number of rotatable bonds is 7. The highest BCUT2D eigenvalue weighted by molar-refractivity contribution is 6.02. The Bertz CT molecular complexity index is 1300. The molecule has 0 aliphatic rings. The van der Waals surface area contributed by atoms with Crippen LogP contribution in [-0.4, -0.2) is 25.5 Å². The van der Waals surface area contributed by atoms with Gasteiger partial charge >= 0.3 is 0 Å². The lowest BCUT2D eigenvalue weighted by Crippen LogP contribution is -2.14. The third-order valence-electron chi connectivity index (χ3n) is 4.47. The molecular formula is C21H14F5N5O2. The highest BCUT2D eigenvalue weighted by Gasteiger charge is 2.20. The first-order valence-electron chi connectivity index (χ1n) is 9.37. The SMILES string of the molecule is O=C(Nc1cnn(Cc2c(F)cc(F)c(F)c2F)c1)c1ccn(COc2ccc(F)cc2)n1. The minimum atomic E-state index is -1.79. The maximum Gasteiger partial charge on any atom is 0.276 e. The monoisotopic (exact) mass is 463 g/mol. The van der Waals surface area contributed by atoms with E-state index in [9.17, 15) is 26.7 Å². The Morgan fingerprint density at radius 2 is 1.73 bits per heavy atom. The zero-order chi connectivity index (χ0) is 23.5. The number of benzene rings is 2. The summed E-state index contributed by atoms with van der Waals surface area (Å²) in [5, 5.41) is 10.4. The summed E-state index contributed by atoms with van der Waals surface area (Å²) in [5.74, 6) is -6.91. The average Bonchev–Trinajstić information content (AvgIpc) is 3.44. The molecule has 0 fully saturated rings. The number of carbonyl (C=O) groups excluding carboxylic acids is 1. The summed E-state index contributed by atoms with van der Waals surface area (Å²) < 4.78 is 74.8. The Hall–Kier alpha value is -4.22. The van der Waals surface area contributed by atoms with Crippen molar-refractivity contribution in [3.8, 4) is 5.75 Å². The summed E-state index contributed by atoms with van der Waals surface area (Å²) in [4.78, 5) is 12.4. The van der Waals surface area contributed by atoms with Gasteiger partial charge < -0.3 is 10.1 Å². The number of amides is 1. The molecule has 2 heterocycles. The number of hydrogen-bond donors (Lipinski definition) is 1. The second-order valence-electron chi connectivity index (χ2n) is 6.80. The van der Waals surface area contributed by atoms with Gasteiger partial charge in [0.1, 0.15) is 17.4 Å². The van der Waals surface area contributed by atoms with E-state index in [-0.39, 0.29) is 24.2 Å². The summed E-state index contributed by atoms with van der Waals surface area (Å²) >= 11 is 0. The van der Waals surface area contributed by atoms with E-state index in [4.69, 9.17) is 4.74 Å². The van der Waals surface area contributed by atoms with Crippen LogP contribution in [-0.2, 0) is 13.3 Å². The zero-order valence-electron chi connectivity index (χ0n) is 16.6. The maximum absolute atomic E-state index is 13.8. The molecule has 2 aromatic carbocycles. The molecule has 0 spiro atoms. The van der Waals surface area contributed by atoms with Gasteiger partial charge in [-0.25, -0.2) is 26.6 Å². The standard InChI is InChI=1S/C21H14F5N5O2/c22-12-1-3-14(4-2-12)33-11-30-6-5-18(29-30)21(32)28-13-8-27-31(9-13)10-15-16(23)7-17(24)20(26)19(15)25/h1-9H,10-11H2,(H,28,32). The number of halogens is 5. The summed E-state index contributed by atoms with van der Waals surface area (Å²) in [7, 11) is 0. The number of aromatic nitrogens is 4. The first kappa shape index (κ1) is 22.0. The van der Waals surface area contributed by atoms with Crippen LogP contribution in [0.1, 0.15) is 16.1 Å². The maximum atomic E-state index is 13.8. The zero-order valence-corrected chi connectivity index (χ0v) is 16.6. The van der Waals surface area contributed by atoms with Crippen LogP contribution in [0.4, 0.5) is 27.6 Å². The van der Waals surface area contributed by atoms with Crippen molar-refractivity contribution in [3.63, 3.8) is 0 Å². The molecule has 0 radical (unpaired) electrons. The first-order valence-corrected chi connectivity index (χ1v) is 9.37. The molecule has 7 nitrogen and oxygen atoms in total.